The lowest BCUT2D eigenvalue weighted by molar-refractivity contribution is -0.272. The quantitative estimate of drug-likeness (QED) is 0.510. The molecule has 0 aromatic rings. The van der Waals surface area contributed by atoms with Crippen LogP contribution < -0.4 is 0 Å². The molecule has 1 aliphatic heterocycles. The summed E-state index contributed by atoms with van der Waals surface area (Å²) >= 11 is 0. The minimum Gasteiger partial charge on any atom is -0.380 e. The van der Waals surface area contributed by atoms with Crippen molar-refractivity contribution in [3.63, 3.8) is 0 Å². The van der Waals surface area contributed by atoms with Crippen molar-refractivity contribution in [1.29, 1.82) is 0 Å². The highest BCUT2D eigenvalue weighted by Crippen LogP contribution is 2.54. The molecule has 0 bridgehead atoms. The molecule has 0 amide bonds. The molecule has 1 rings (SSSR count). The van der Waals surface area contributed by atoms with Crippen molar-refractivity contribution in [3.8, 4) is 0 Å². The van der Waals surface area contributed by atoms with Gasteiger partial charge in [-0.1, -0.05) is 41.5 Å². The average molecular weight is 322 g/mol. The molecule has 0 radical (unpaired) electrons. The van der Waals surface area contributed by atoms with Gasteiger partial charge in [-0.15, -0.1) is 0 Å². The number of hydrogen-bond acceptors (Lipinski definition) is 3. The molecular weight excluding hydrogens is 290 g/mol. The van der Waals surface area contributed by atoms with Crippen LogP contribution in [0.2, 0.25) is 0 Å². The highest BCUT2D eigenvalue weighted by Gasteiger charge is 2.61. The van der Waals surface area contributed by atoms with Crippen molar-refractivity contribution >= 4 is 0 Å². The topological polar surface area (TPSA) is 27.7 Å². The Balaban J connectivity index is 2.63. The second-order valence-electron chi connectivity index (χ2n) is 8.87. The van der Waals surface area contributed by atoms with Gasteiger partial charge in [0.2, 0.25) is 0 Å². The highest BCUT2D eigenvalue weighted by atomic mass is 19.3. The molecule has 0 aromatic carbocycles. The third-order valence-corrected chi connectivity index (χ3v) is 5.09. The summed E-state index contributed by atoms with van der Waals surface area (Å²) in [5.74, 6) is -2.89. The Morgan fingerprint density at radius 3 is 1.86 bits per heavy atom. The van der Waals surface area contributed by atoms with Crippen LogP contribution in [0, 0.1) is 16.2 Å². The number of alkyl halides is 2. The molecule has 1 fully saturated rings. The zero-order valence-corrected chi connectivity index (χ0v) is 15.3. The zero-order chi connectivity index (χ0) is 17.4. The Bertz CT molecular complexity index is 380. The van der Waals surface area contributed by atoms with Crippen molar-refractivity contribution in [3.05, 3.63) is 0 Å². The van der Waals surface area contributed by atoms with Crippen LogP contribution in [0.4, 0.5) is 8.78 Å². The number of ether oxygens (including phenoxy) is 3. The van der Waals surface area contributed by atoms with Crippen molar-refractivity contribution in [2.75, 3.05) is 26.6 Å². The molecule has 22 heavy (non-hydrogen) atoms. The maximum Gasteiger partial charge on any atom is 0.260 e. The van der Waals surface area contributed by atoms with Gasteiger partial charge in [0.05, 0.1) is 30.8 Å². The Hall–Kier alpha value is -0.260. The van der Waals surface area contributed by atoms with Gasteiger partial charge in [0, 0.05) is 10.8 Å². The molecule has 0 aliphatic carbocycles. The second kappa shape index (κ2) is 5.99. The summed E-state index contributed by atoms with van der Waals surface area (Å²) in [5, 5.41) is 0. The van der Waals surface area contributed by atoms with E-state index in [2.05, 4.69) is 6.92 Å². The molecule has 1 aliphatic rings. The molecular formula is C17H32F2O3. The van der Waals surface area contributed by atoms with Gasteiger partial charge in [0.25, 0.3) is 5.92 Å². The van der Waals surface area contributed by atoms with Gasteiger partial charge in [-0.3, -0.25) is 0 Å². The van der Waals surface area contributed by atoms with Crippen LogP contribution in [-0.2, 0) is 14.2 Å². The fourth-order valence-electron chi connectivity index (χ4n) is 2.51. The number of rotatable bonds is 7. The van der Waals surface area contributed by atoms with E-state index >= 15 is 0 Å². The van der Waals surface area contributed by atoms with Crippen LogP contribution >= 0.6 is 0 Å². The lowest BCUT2D eigenvalue weighted by atomic mass is 9.64. The standard InChI is InChI=1S/C17H32F2O3/c1-13(2,3)17(18,19)14(4,5)15(6,7)22-12-21-11-16(8)9-20-10-16/h9-12H2,1-8H3. The minimum atomic E-state index is -2.89. The van der Waals surface area contributed by atoms with Crippen molar-refractivity contribution < 1.29 is 23.0 Å². The van der Waals surface area contributed by atoms with Crippen LogP contribution in [0.1, 0.15) is 55.4 Å². The lowest BCUT2D eigenvalue weighted by Gasteiger charge is -2.50. The van der Waals surface area contributed by atoms with Gasteiger partial charge in [0.15, 0.2) is 0 Å². The predicted molar refractivity (Wildman–Crippen MR) is 83.1 cm³/mol. The van der Waals surface area contributed by atoms with Gasteiger partial charge < -0.3 is 14.2 Å². The first-order chi connectivity index (χ1) is 9.66. The molecule has 3 nitrogen and oxygen atoms in total. The summed E-state index contributed by atoms with van der Waals surface area (Å²) < 4.78 is 46.0. The smallest absolute Gasteiger partial charge is 0.260 e. The van der Waals surface area contributed by atoms with Crippen LogP contribution in [0.5, 0.6) is 0 Å². The van der Waals surface area contributed by atoms with Crippen LogP contribution in [-0.4, -0.2) is 38.1 Å². The molecule has 1 heterocycles. The van der Waals surface area contributed by atoms with E-state index < -0.39 is 22.4 Å². The first kappa shape index (κ1) is 19.8. The molecule has 132 valence electrons. The largest absolute Gasteiger partial charge is 0.380 e. The lowest BCUT2D eigenvalue weighted by Crippen LogP contribution is -2.58. The Morgan fingerprint density at radius 2 is 1.50 bits per heavy atom. The van der Waals surface area contributed by atoms with Crippen LogP contribution in [0.15, 0.2) is 0 Å². The minimum absolute atomic E-state index is 0.00619. The first-order valence-corrected chi connectivity index (χ1v) is 7.84. The molecule has 1 saturated heterocycles. The summed E-state index contributed by atoms with van der Waals surface area (Å²) in [6, 6.07) is 0. The van der Waals surface area contributed by atoms with E-state index in [1.54, 1.807) is 48.5 Å². The third-order valence-electron chi connectivity index (χ3n) is 5.09. The summed E-state index contributed by atoms with van der Waals surface area (Å²) in [7, 11) is 0. The van der Waals surface area contributed by atoms with Gasteiger partial charge in [-0.2, -0.15) is 0 Å². The summed E-state index contributed by atoms with van der Waals surface area (Å²) in [6.45, 7) is 15.1. The van der Waals surface area contributed by atoms with E-state index in [9.17, 15) is 8.78 Å². The van der Waals surface area contributed by atoms with E-state index in [-0.39, 0.29) is 12.2 Å². The Kier molecular flexibility index (Phi) is 5.38. The monoisotopic (exact) mass is 322 g/mol. The molecule has 0 unspecified atom stereocenters. The molecule has 0 atom stereocenters. The Labute approximate surface area is 133 Å². The molecule has 0 saturated carbocycles. The van der Waals surface area contributed by atoms with E-state index in [1.165, 1.54) is 0 Å². The fraction of sp³-hybridized carbons (Fsp3) is 1.00. The Morgan fingerprint density at radius 1 is 1.00 bits per heavy atom. The van der Waals surface area contributed by atoms with Gasteiger partial charge >= 0.3 is 0 Å². The van der Waals surface area contributed by atoms with E-state index in [0.29, 0.717) is 19.8 Å². The summed E-state index contributed by atoms with van der Waals surface area (Å²) in [5.41, 5.74) is -3.49. The van der Waals surface area contributed by atoms with Gasteiger partial charge in [-0.05, 0) is 13.8 Å². The predicted octanol–water partition coefficient (Wildman–Crippen LogP) is 4.50. The van der Waals surface area contributed by atoms with Gasteiger partial charge in [-0.25, -0.2) is 8.78 Å². The van der Waals surface area contributed by atoms with E-state index in [1.807, 2.05) is 0 Å². The highest BCUT2D eigenvalue weighted by molar-refractivity contribution is 5.02. The summed E-state index contributed by atoms with van der Waals surface area (Å²) in [6.07, 6.45) is 0. The number of halogens is 2. The number of hydrogen-bond donors (Lipinski definition) is 0. The normalized spacial score (nSPS) is 19.9. The van der Waals surface area contributed by atoms with E-state index in [4.69, 9.17) is 14.2 Å². The van der Waals surface area contributed by atoms with Crippen molar-refractivity contribution in [1.82, 2.24) is 0 Å². The SMILES string of the molecule is CC1(COCOC(C)(C)C(C)(C)C(F)(F)C(C)(C)C)COC1. The molecule has 0 spiro atoms. The van der Waals surface area contributed by atoms with Crippen LogP contribution in [0.25, 0.3) is 0 Å². The molecule has 0 N–H and O–H groups in total. The third kappa shape index (κ3) is 3.62. The van der Waals surface area contributed by atoms with E-state index in [0.717, 1.165) is 0 Å². The van der Waals surface area contributed by atoms with Crippen LogP contribution in [0.3, 0.4) is 0 Å². The van der Waals surface area contributed by atoms with Crippen molar-refractivity contribution in [2.45, 2.75) is 66.9 Å². The van der Waals surface area contributed by atoms with Gasteiger partial charge in [0.1, 0.15) is 6.79 Å². The zero-order valence-electron chi connectivity index (χ0n) is 15.3. The average Bonchev–Trinajstić information content (AvgIpc) is 2.30. The van der Waals surface area contributed by atoms with Crippen molar-refractivity contribution in [2.24, 2.45) is 16.2 Å². The maximum atomic E-state index is 14.8. The fourth-order valence-corrected chi connectivity index (χ4v) is 2.51. The second-order valence-corrected chi connectivity index (χ2v) is 8.87. The summed E-state index contributed by atoms with van der Waals surface area (Å²) in [4.78, 5) is 0. The maximum absolute atomic E-state index is 14.8. The first-order valence-electron chi connectivity index (χ1n) is 7.84. The molecule has 5 heteroatoms. The molecule has 0 aromatic heterocycles.